The summed E-state index contributed by atoms with van der Waals surface area (Å²) in [6, 6.07) is 6.06. The molecule has 2 rings (SSSR count). The lowest BCUT2D eigenvalue weighted by molar-refractivity contribution is 0.670. The van der Waals surface area contributed by atoms with Crippen molar-refractivity contribution >= 4 is 22.9 Å². The minimum Gasteiger partial charge on any atom is -0.316 e. The molecule has 19 heavy (non-hydrogen) atoms. The van der Waals surface area contributed by atoms with E-state index in [9.17, 15) is 0 Å². The molecule has 0 unspecified atom stereocenters. The maximum atomic E-state index is 6.05. The fourth-order valence-corrected chi connectivity index (χ4v) is 2.78. The van der Waals surface area contributed by atoms with E-state index in [1.807, 2.05) is 19.1 Å². The molecule has 0 radical (unpaired) electrons. The first-order valence-electron chi connectivity index (χ1n) is 6.62. The predicted molar refractivity (Wildman–Crippen MR) is 84.2 cm³/mol. The van der Waals surface area contributed by atoms with Crippen LogP contribution in [0.3, 0.4) is 0 Å². The lowest BCUT2D eigenvalue weighted by Crippen LogP contribution is -2.17. The third-order valence-electron chi connectivity index (χ3n) is 2.95. The highest BCUT2D eigenvalue weighted by Crippen LogP contribution is 2.26. The number of nitrogens with zero attached hydrogens (tertiary/aromatic N) is 1. The van der Waals surface area contributed by atoms with Crippen molar-refractivity contribution in [2.24, 2.45) is 0 Å². The number of halogens is 1. The molecule has 2 aromatic rings. The Labute approximate surface area is 123 Å². The van der Waals surface area contributed by atoms with Crippen LogP contribution in [0.4, 0.5) is 0 Å². The quantitative estimate of drug-likeness (QED) is 0.803. The molecule has 0 saturated heterocycles. The molecule has 2 nitrogen and oxygen atoms in total. The van der Waals surface area contributed by atoms with E-state index >= 15 is 0 Å². The molecule has 1 N–H and O–H groups in total. The van der Waals surface area contributed by atoms with Gasteiger partial charge in [0.05, 0.1) is 10.7 Å². The van der Waals surface area contributed by atoms with Gasteiger partial charge in [-0.25, -0.2) is 4.98 Å². The van der Waals surface area contributed by atoms with Crippen LogP contribution in [0.25, 0.3) is 11.3 Å². The molecule has 0 fully saturated rings. The van der Waals surface area contributed by atoms with Crippen molar-refractivity contribution in [3.05, 3.63) is 39.2 Å². The van der Waals surface area contributed by atoms with E-state index in [-0.39, 0.29) is 0 Å². The summed E-state index contributed by atoms with van der Waals surface area (Å²) in [5, 5.41) is 7.52. The third-order valence-corrected chi connectivity index (χ3v) is 4.28. The first kappa shape index (κ1) is 14.5. The second-order valence-electron chi connectivity index (χ2n) is 4.59. The number of aromatic nitrogens is 1. The van der Waals surface area contributed by atoms with Crippen LogP contribution in [-0.4, -0.2) is 18.1 Å². The lowest BCUT2D eigenvalue weighted by atomic mass is 10.1. The average molecular weight is 295 g/mol. The van der Waals surface area contributed by atoms with Crippen LogP contribution >= 0.6 is 22.9 Å². The molecule has 102 valence electrons. The molecule has 0 aliphatic carbocycles. The van der Waals surface area contributed by atoms with E-state index in [1.165, 1.54) is 11.4 Å². The van der Waals surface area contributed by atoms with Gasteiger partial charge in [-0.05, 0) is 37.6 Å². The summed E-state index contributed by atoms with van der Waals surface area (Å²) in [5.74, 6) is 0. The van der Waals surface area contributed by atoms with Gasteiger partial charge in [-0.2, -0.15) is 0 Å². The summed E-state index contributed by atoms with van der Waals surface area (Å²) >= 11 is 7.77. The molecule has 0 spiro atoms. The summed E-state index contributed by atoms with van der Waals surface area (Å²) in [5.41, 5.74) is 3.29. The van der Waals surface area contributed by atoms with Gasteiger partial charge in [0.15, 0.2) is 0 Å². The van der Waals surface area contributed by atoms with Crippen molar-refractivity contribution in [1.82, 2.24) is 10.3 Å². The summed E-state index contributed by atoms with van der Waals surface area (Å²) in [4.78, 5) is 4.68. The van der Waals surface area contributed by atoms with Crippen LogP contribution in [0.2, 0.25) is 5.02 Å². The monoisotopic (exact) mass is 294 g/mol. The van der Waals surface area contributed by atoms with Gasteiger partial charge in [0, 0.05) is 28.9 Å². The number of aryl methyl sites for hydroxylation is 1. The van der Waals surface area contributed by atoms with Crippen LogP contribution in [0.15, 0.2) is 23.6 Å². The second-order valence-corrected chi connectivity index (χ2v) is 5.94. The zero-order valence-corrected chi connectivity index (χ0v) is 12.9. The Morgan fingerprint density at radius 2 is 2.16 bits per heavy atom. The van der Waals surface area contributed by atoms with Gasteiger partial charge >= 0.3 is 0 Å². The molecule has 1 heterocycles. The highest BCUT2D eigenvalue weighted by Gasteiger charge is 2.06. The molecule has 4 heteroatoms. The number of nitrogens with one attached hydrogen (secondary N) is 1. The zero-order valence-electron chi connectivity index (χ0n) is 11.4. The standard InChI is InChI=1S/C15H19ClN2S/c1-3-7-17-8-6-15-18-14(10-19-15)12-4-5-13(16)11(2)9-12/h4-5,9-10,17H,3,6-8H2,1-2H3. The SMILES string of the molecule is CCCNCCc1nc(-c2ccc(Cl)c(C)c2)cs1. The van der Waals surface area contributed by atoms with Crippen LogP contribution < -0.4 is 5.32 Å². The normalized spacial score (nSPS) is 10.9. The lowest BCUT2D eigenvalue weighted by Gasteiger charge is -2.01. The molecule has 0 amide bonds. The van der Waals surface area contributed by atoms with Crippen molar-refractivity contribution in [3.63, 3.8) is 0 Å². The van der Waals surface area contributed by atoms with Crippen molar-refractivity contribution < 1.29 is 0 Å². The Balaban J connectivity index is 2.01. The number of hydrogen-bond acceptors (Lipinski definition) is 3. The van der Waals surface area contributed by atoms with Crippen LogP contribution in [0, 0.1) is 6.92 Å². The summed E-state index contributed by atoms with van der Waals surface area (Å²) in [6.45, 7) is 6.28. The molecule has 1 aromatic carbocycles. The largest absolute Gasteiger partial charge is 0.316 e. The Morgan fingerprint density at radius 3 is 2.89 bits per heavy atom. The van der Waals surface area contributed by atoms with Gasteiger partial charge in [0.1, 0.15) is 0 Å². The highest BCUT2D eigenvalue weighted by molar-refractivity contribution is 7.09. The van der Waals surface area contributed by atoms with E-state index < -0.39 is 0 Å². The average Bonchev–Trinajstić information content (AvgIpc) is 2.87. The summed E-state index contributed by atoms with van der Waals surface area (Å²) in [6.07, 6.45) is 2.17. The number of rotatable bonds is 6. The van der Waals surface area contributed by atoms with Gasteiger partial charge in [0.2, 0.25) is 0 Å². The number of benzene rings is 1. The summed E-state index contributed by atoms with van der Waals surface area (Å²) < 4.78 is 0. The molecule has 0 saturated carbocycles. The Hall–Kier alpha value is -0.900. The molecular formula is C15H19ClN2S. The first-order valence-corrected chi connectivity index (χ1v) is 7.88. The van der Waals surface area contributed by atoms with Crippen LogP contribution in [0.1, 0.15) is 23.9 Å². The van der Waals surface area contributed by atoms with E-state index in [4.69, 9.17) is 11.6 Å². The van der Waals surface area contributed by atoms with Gasteiger partial charge in [-0.15, -0.1) is 11.3 Å². The highest BCUT2D eigenvalue weighted by atomic mass is 35.5. The minimum atomic E-state index is 0.808. The fourth-order valence-electron chi connectivity index (χ4n) is 1.86. The molecule has 0 atom stereocenters. The Kier molecular flexibility index (Phi) is 5.37. The smallest absolute Gasteiger partial charge is 0.0945 e. The topological polar surface area (TPSA) is 24.9 Å². The molecule has 0 aliphatic rings. The van der Waals surface area contributed by atoms with Gasteiger partial charge < -0.3 is 5.32 Å². The first-order chi connectivity index (χ1) is 9.20. The minimum absolute atomic E-state index is 0.808. The molecule has 0 aliphatic heterocycles. The van der Waals surface area contributed by atoms with Crippen LogP contribution in [0.5, 0.6) is 0 Å². The van der Waals surface area contributed by atoms with Gasteiger partial charge in [-0.3, -0.25) is 0 Å². The van der Waals surface area contributed by atoms with E-state index in [1.54, 1.807) is 11.3 Å². The van der Waals surface area contributed by atoms with Crippen molar-refractivity contribution in [2.45, 2.75) is 26.7 Å². The van der Waals surface area contributed by atoms with Crippen molar-refractivity contribution in [2.75, 3.05) is 13.1 Å². The molecule has 0 bridgehead atoms. The second kappa shape index (κ2) is 7.04. The Bertz CT molecular complexity index is 537. The van der Waals surface area contributed by atoms with E-state index in [0.29, 0.717) is 0 Å². The van der Waals surface area contributed by atoms with Crippen LogP contribution in [-0.2, 0) is 6.42 Å². The summed E-state index contributed by atoms with van der Waals surface area (Å²) in [7, 11) is 0. The number of thiazole rings is 1. The maximum Gasteiger partial charge on any atom is 0.0945 e. The van der Waals surface area contributed by atoms with Crippen molar-refractivity contribution in [3.8, 4) is 11.3 Å². The number of hydrogen-bond donors (Lipinski definition) is 1. The van der Waals surface area contributed by atoms with Crippen molar-refractivity contribution in [1.29, 1.82) is 0 Å². The zero-order chi connectivity index (χ0) is 13.7. The molecular weight excluding hydrogens is 276 g/mol. The Morgan fingerprint density at radius 1 is 1.32 bits per heavy atom. The predicted octanol–water partition coefficient (Wildman–Crippen LogP) is 4.31. The van der Waals surface area contributed by atoms with E-state index in [0.717, 1.165) is 41.4 Å². The van der Waals surface area contributed by atoms with Gasteiger partial charge in [-0.1, -0.05) is 24.6 Å². The van der Waals surface area contributed by atoms with E-state index in [2.05, 4.69) is 28.7 Å². The third kappa shape index (κ3) is 4.03. The van der Waals surface area contributed by atoms with Gasteiger partial charge in [0.25, 0.3) is 0 Å². The maximum absolute atomic E-state index is 6.05. The fraction of sp³-hybridized carbons (Fsp3) is 0.400. The molecule has 1 aromatic heterocycles.